The number of nitrogens with zero attached hydrogens (tertiary/aromatic N) is 3. The molecule has 3 rings (SSSR count). The number of alkyl halides is 3. The van der Waals surface area contributed by atoms with Crippen LogP contribution in [-0.4, -0.2) is 34.3 Å². The highest BCUT2D eigenvalue weighted by Gasteiger charge is 2.43. The van der Waals surface area contributed by atoms with Gasteiger partial charge in [0.25, 0.3) is 0 Å². The average Bonchev–Trinajstić information content (AvgIpc) is 3.14. The van der Waals surface area contributed by atoms with Gasteiger partial charge in [0.2, 0.25) is 0 Å². The molecule has 148 valence electrons. The van der Waals surface area contributed by atoms with Crippen molar-refractivity contribution in [3.63, 3.8) is 0 Å². The van der Waals surface area contributed by atoms with Crippen LogP contribution in [0.25, 0.3) is 5.57 Å². The zero-order valence-corrected chi connectivity index (χ0v) is 15.7. The lowest BCUT2D eigenvalue weighted by Crippen LogP contribution is -2.53. The molecule has 0 spiro atoms. The van der Waals surface area contributed by atoms with Crippen LogP contribution in [0.2, 0.25) is 0 Å². The Morgan fingerprint density at radius 3 is 2.64 bits per heavy atom. The Hall–Kier alpha value is -2.79. The SMILES string of the molecule is CN(c1ccc(C#N)c(C(F)(F)F)c1)C1C(O)C(c2c[nH]cn2)=CCC1(C)C. The lowest BCUT2D eigenvalue weighted by molar-refractivity contribution is -0.137. The minimum absolute atomic E-state index is 0.284. The lowest BCUT2D eigenvalue weighted by atomic mass is 9.71. The highest BCUT2D eigenvalue weighted by molar-refractivity contribution is 5.69. The number of anilines is 1. The molecule has 1 aromatic carbocycles. The Morgan fingerprint density at radius 2 is 2.07 bits per heavy atom. The van der Waals surface area contributed by atoms with Gasteiger partial charge in [-0.1, -0.05) is 19.9 Å². The van der Waals surface area contributed by atoms with Crippen molar-refractivity contribution in [1.29, 1.82) is 5.26 Å². The summed E-state index contributed by atoms with van der Waals surface area (Å²) in [4.78, 5) is 8.69. The fraction of sp³-hybridized carbons (Fsp3) is 0.400. The van der Waals surface area contributed by atoms with E-state index in [0.717, 1.165) is 6.07 Å². The van der Waals surface area contributed by atoms with Gasteiger partial charge in [0.05, 0.1) is 35.3 Å². The van der Waals surface area contributed by atoms with Crippen molar-refractivity contribution in [3.05, 3.63) is 53.6 Å². The fourth-order valence-electron chi connectivity index (χ4n) is 3.87. The van der Waals surface area contributed by atoms with Crippen LogP contribution in [0.4, 0.5) is 18.9 Å². The van der Waals surface area contributed by atoms with Crippen LogP contribution in [0.15, 0.2) is 36.8 Å². The highest BCUT2D eigenvalue weighted by atomic mass is 19.4. The normalized spacial score (nSPS) is 21.7. The summed E-state index contributed by atoms with van der Waals surface area (Å²) in [5.41, 5.74) is -0.276. The van der Waals surface area contributed by atoms with Crippen molar-refractivity contribution < 1.29 is 18.3 Å². The first kappa shape index (κ1) is 20.0. The number of likely N-dealkylation sites (N-methyl/N-ethyl adjacent to an activating group) is 1. The number of benzene rings is 1. The van der Waals surface area contributed by atoms with Crippen LogP contribution in [0, 0.1) is 16.7 Å². The maximum Gasteiger partial charge on any atom is 0.417 e. The van der Waals surface area contributed by atoms with Crippen LogP contribution in [0.1, 0.15) is 37.1 Å². The number of aliphatic hydroxyl groups is 1. The maximum absolute atomic E-state index is 13.4. The van der Waals surface area contributed by atoms with E-state index in [1.807, 2.05) is 19.9 Å². The predicted molar refractivity (Wildman–Crippen MR) is 99.3 cm³/mol. The summed E-state index contributed by atoms with van der Waals surface area (Å²) in [5.74, 6) is 0. The van der Waals surface area contributed by atoms with Gasteiger partial charge in [-0.3, -0.25) is 0 Å². The molecule has 1 aromatic heterocycles. The molecule has 2 aromatic rings. The summed E-state index contributed by atoms with van der Waals surface area (Å²) < 4.78 is 40.1. The minimum Gasteiger partial charge on any atom is -0.386 e. The summed E-state index contributed by atoms with van der Waals surface area (Å²) in [5, 5.41) is 20.1. The number of aromatic nitrogens is 2. The fourth-order valence-corrected chi connectivity index (χ4v) is 3.87. The number of nitriles is 1. The van der Waals surface area contributed by atoms with Gasteiger partial charge in [-0.05, 0) is 30.0 Å². The molecule has 0 bridgehead atoms. The second kappa shape index (κ2) is 6.99. The van der Waals surface area contributed by atoms with Crippen molar-refractivity contribution in [2.45, 2.75) is 38.6 Å². The summed E-state index contributed by atoms with van der Waals surface area (Å²) >= 11 is 0. The Morgan fingerprint density at radius 1 is 1.36 bits per heavy atom. The van der Waals surface area contributed by atoms with E-state index in [0.29, 0.717) is 17.7 Å². The standard InChI is InChI=1S/C20H21F3N4O/c1-19(2)7-6-14(16-10-25-11-26-16)17(28)18(19)27(3)13-5-4-12(9-24)15(8-13)20(21,22)23/h4-6,8,10-11,17-18,28H,7H2,1-3H3,(H,25,26). The summed E-state index contributed by atoms with van der Waals surface area (Å²) in [7, 11) is 1.66. The van der Waals surface area contributed by atoms with Gasteiger partial charge in [-0.25, -0.2) is 4.98 Å². The molecule has 1 heterocycles. The van der Waals surface area contributed by atoms with E-state index in [9.17, 15) is 18.3 Å². The van der Waals surface area contributed by atoms with Crippen LogP contribution < -0.4 is 4.90 Å². The number of H-pyrrole nitrogens is 1. The number of halogens is 3. The van der Waals surface area contributed by atoms with Gasteiger partial charge in [-0.2, -0.15) is 18.4 Å². The van der Waals surface area contributed by atoms with Crippen LogP contribution in [0.5, 0.6) is 0 Å². The van der Waals surface area contributed by atoms with E-state index < -0.39 is 34.9 Å². The maximum atomic E-state index is 13.4. The van der Waals surface area contributed by atoms with Crippen molar-refractivity contribution in [2.24, 2.45) is 5.41 Å². The van der Waals surface area contributed by atoms with E-state index in [2.05, 4.69) is 9.97 Å². The summed E-state index contributed by atoms with van der Waals surface area (Å²) in [6.45, 7) is 3.92. The third-order valence-corrected chi connectivity index (χ3v) is 5.31. The van der Waals surface area contributed by atoms with E-state index in [-0.39, 0.29) is 5.69 Å². The van der Waals surface area contributed by atoms with Crippen LogP contribution in [0.3, 0.4) is 0 Å². The molecule has 2 atom stereocenters. The number of hydrogen-bond donors (Lipinski definition) is 2. The molecule has 0 aliphatic heterocycles. The first-order valence-electron chi connectivity index (χ1n) is 8.77. The number of allylic oxidation sites excluding steroid dienone is 1. The Labute approximate surface area is 161 Å². The molecule has 28 heavy (non-hydrogen) atoms. The van der Waals surface area contributed by atoms with Gasteiger partial charge in [0.15, 0.2) is 0 Å². The first-order chi connectivity index (χ1) is 13.1. The molecule has 0 saturated carbocycles. The van der Waals surface area contributed by atoms with E-state index in [4.69, 9.17) is 5.26 Å². The van der Waals surface area contributed by atoms with Gasteiger partial charge in [0.1, 0.15) is 6.10 Å². The molecule has 0 saturated heterocycles. The molecule has 2 N–H and O–H groups in total. The zero-order chi connectivity index (χ0) is 20.7. The molecule has 2 unspecified atom stereocenters. The molecule has 1 aliphatic rings. The second-order valence-corrected chi connectivity index (χ2v) is 7.65. The van der Waals surface area contributed by atoms with E-state index in [1.54, 1.807) is 24.2 Å². The van der Waals surface area contributed by atoms with E-state index in [1.165, 1.54) is 18.5 Å². The van der Waals surface area contributed by atoms with E-state index >= 15 is 0 Å². The van der Waals surface area contributed by atoms with Crippen molar-refractivity contribution in [2.75, 3.05) is 11.9 Å². The second-order valence-electron chi connectivity index (χ2n) is 7.65. The Balaban J connectivity index is 2.02. The third-order valence-electron chi connectivity index (χ3n) is 5.31. The molecule has 8 heteroatoms. The van der Waals surface area contributed by atoms with Gasteiger partial charge >= 0.3 is 6.18 Å². The largest absolute Gasteiger partial charge is 0.417 e. The van der Waals surface area contributed by atoms with Gasteiger partial charge < -0.3 is 15.0 Å². The quantitative estimate of drug-likeness (QED) is 0.831. The van der Waals surface area contributed by atoms with Gasteiger partial charge in [-0.15, -0.1) is 0 Å². The minimum atomic E-state index is -4.64. The van der Waals surface area contributed by atoms with Crippen molar-refractivity contribution in [1.82, 2.24) is 9.97 Å². The third kappa shape index (κ3) is 3.50. The zero-order valence-electron chi connectivity index (χ0n) is 15.7. The number of imidazole rings is 1. The smallest absolute Gasteiger partial charge is 0.386 e. The molecule has 0 amide bonds. The monoisotopic (exact) mass is 390 g/mol. The topological polar surface area (TPSA) is 75.9 Å². The molecular weight excluding hydrogens is 369 g/mol. The van der Waals surface area contributed by atoms with Crippen molar-refractivity contribution in [3.8, 4) is 6.07 Å². The Kier molecular flexibility index (Phi) is 4.98. The lowest BCUT2D eigenvalue weighted by Gasteiger charge is -2.47. The average molecular weight is 390 g/mol. The number of aliphatic hydroxyl groups excluding tert-OH is 1. The number of aromatic amines is 1. The van der Waals surface area contributed by atoms with Crippen LogP contribution in [-0.2, 0) is 6.18 Å². The predicted octanol–water partition coefficient (Wildman–Crippen LogP) is 3.98. The Bertz CT molecular complexity index is 926. The molecular formula is C20H21F3N4O. The molecule has 0 radical (unpaired) electrons. The summed E-state index contributed by atoms with van der Waals surface area (Å²) in [6.07, 6.45) is 0.158. The molecule has 0 fully saturated rings. The summed E-state index contributed by atoms with van der Waals surface area (Å²) in [6, 6.07) is 4.71. The first-order valence-corrected chi connectivity index (χ1v) is 8.77. The number of hydrogen-bond acceptors (Lipinski definition) is 4. The highest BCUT2D eigenvalue weighted by Crippen LogP contribution is 2.43. The van der Waals surface area contributed by atoms with Crippen LogP contribution >= 0.6 is 0 Å². The number of rotatable bonds is 3. The van der Waals surface area contributed by atoms with Crippen molar-refractivity contribution >= 4 is 11.3 Å². The number of nitrogens with one attached hydrogen (secondary N) is 1. The van der Waals surface area contributed by atoms with Gasteiger partial charge in [0, 0.05) is 24.5 Å². The molecule has 5 nitrogen and oxygen atoms in total. The molecule has 1 aliphatic carbocycles.